The third-order valence-electron chi connectivity index (χ3n) is 5.56. The van der Waals surface area contributed by atoms with Crippen molar-refractivity contribution in [3.8, 4) is 0 Å². The predicted molar refractivity (Wildman–Crippen MR) is 109 cm³/mol. The van der Waals surface area contributed by atoms with Crippen LogP contribution < -0.4 is 0 Å². The molecule has 0 radical (unpaired) electrons. The van der Waals surface area contributed by atoms with E-state index in [0.717, 1.165) is 26.2 Å². The highest BCUT2D eigenvalue weighted by atomic mass is 32.2. The number of hydrogen-bond donors (Lipinski definition) is 0. The number of sulfone groups is 1. The number of nitrogens with zero attached hydrogens (tertiary/aromatic N) is 2. The van der Waals surface area contributed by atoms with Crippen molar-refractivity contribution in [1.82, 2.24) is 9.80 Å². The van der Waals surface area contributed by atoms with Crippen molar-refractivity contribution >= 4 is 15.9 Å². The minimum absolute atomic E-state index is 0.389. The zero-order valence-corrected chi connectivity index (χ0v) is 16.5. The molecule has 1 atom stereocenters. The van der Waals surface area contributed by atoms with E-state index >= 15 is 0 Å². The van der Waals surface area contributed by atoms with Gasteiger partial charge in [0.1, 0.15) is 0 Å². The Bertz CT molecular complexity index is 935. The Balaban J connectivity index is 1.40. The molecule has 1 fully saturated rings. The number of likely N-dealkylation sites (tertiary alicyclic amines) is 1. The van der Waals surface area contributed by atoms with Crippen molar-refractivity contribution in [3.05, 3.63) is 71.4 Å². The van der Waals surface area contributed by atoms with Crippen molar-refractivity contribution < 1.29 is 8.42 Å². The summed E-state index contributed by atoms with van der Waals surface area (Å²) >= 11 is 0. The van der Waals surface area contributed by atoms with Crippen LogP contribution in [0.1, 0.15) is 29.5 Å². The predicted octanol–water partition coefficient (Wildman–Crippen LogP) is 3.54. The van der Waals surface area contributed by atoms with Crippen molar-refractivity contribution in [2.45, 2.75) is 36.9 Å². The lowest BCUT2D eigenvalue weighted by molar-refractivity contribution is 0.120. The van der Waals surface area contributed by atoms with Crippen LogP contribution in [0.3, 0.4) is 0 Å². The summed E-state index contributed by atoms with van der Waals surface area (Å²) in [6.45, 7) is 3.99. The first-order valence-electron chi connectivity index (χ1n) is 9.52. The molecule has 2 aromatic carbocycles. The van der Waals surface area contributed by atoms with Gasteiger partial charge in [0.25, 0.3) is 0 Å². The van der Waals surface area contributed by atoms with Gasteiger partial charge in [-0.1, -0.05) is 36.4 Å². The molecule has 2 aliphatic rings. The second-order valence-corrected chi connectivity index (χ2v) is 9.65. The molecule has 27 heavy (non-hydrogen) atoms. The zero-order valence-electron chi connectivity index (χ0n) is 15.7. The van der Waals surface area contributed by atoms with Crippen LogP contribution in [0.4, 0.5) is 0 Å². The van der Waals surface area contributed by atoms with Crippen LogP contribution in [0.5, 0.6) is 0 Å². The highest BCUT2D eigenvalue weighted by Crippen LogP contribution is 2.25. The zero-order chi connectivity index (χ0) is 18.9. The molecule has 5 heteroatoms. The van der Waals surface area contributed by atoms with Crippen LogP contribution in [-0.2, 0) is 22.9 Å². The normalized spacial score (nSPS) is 20.5. The van der Waals surface area contributed by atoms with E-state index in [1.54, 1.807) is 12.1 Å². The summed E-state index contributed by atoms with van der Waals surface area (Å²) in [5.41, 5.74) is 3.89. The summed E-state index contributed by atoms with van der Waals surface area (Å²) in [7, 11) is -3.13. The van der Waals surface area contributed by atoms with Crippen molar-refractivity contribution in [1.29, 1.82) is 0 Å². The van der Waals surface area contributed by atoms with Crippen LogP contribution in [0.15, 0.2) is 59.6 Å². The largest absolute Gasteiger partial charge is 0.369 e. The van der Waals surface area contributed by atoms with E-state index in [2.05, 4.69) is 46.3 Å². The molecule has 142 valence electrons. The average Bonchev–Trinajstić information content (AvgIpc) is 2.67. The van der Waals surface area contributed by atoms with Crippen molar-refractivity contribution in [3.63, 3.8) is 0 Å². The fraction of sp³-hybridized carbons (Fsp3) is 0.364. The average molecular weight is 383 g/mol. The molecule has 0 bridgehead atoms. The summed E-state index contributed by atoms with van der Waals surface area (Å²) in [4.78, 5) is 5.35. The fourth-order valence-corrected chi connectivity index (χ4v) is 4.69. The molecule has 0 aromatic heterocycles. The standard InChI is InChI=1S/C22H26N2O2S/c1-27(25,26)22-10-8-18(9-11-22)15-23-13-4-7-21(17-23)24-14-12-19-5-2-3-6-20(19)16-24/h2-3,5-6,8-12,14,21H,4,7,13,15-17H2,1H3. The third kappa shape index (κ3) is 4.25. The second kappa shape index (κ2) is 7.49. The van der Waals surface area contributed by atoms with E-state index in [1.165, 1.54) is 35.8 Å². The highest BCUT2D eigenvalue weighted by molar-refractivity contribution is 7.90. The lowest BCUT2D eigenvalue weighted by atomic mass is 9.99. The van der Waals surface area contributed by atoms with Gasteiger partial charge in [-0.25, -0.2) is 8.42 Å². The van der Waals surface area contributed by atoms with E-state index in [0.29, 0.717) is 10.9 Å². The molecule has 1 saturated heterocycles. The van der Waals surface area contributed by atoms with E-state index in [1.807, 2.05) is 12.1 Å². The molecule has 4 rings (SSSR count). The Morgan fingerprint density at radius 2 is 1.85 bits per heavy atom. The van der Waals surface area contributed by atoms with Crippen LogP contribution in [0.25, 0.3) is 6.08 Å². The van der Waals surface area contributed by atoms with Crippen LogP contribution in [0, 0.1) is 0 Å². The quantitative estimate of drug-likeness (QED) is 0.811. The molecular weight excluding hydrogens is 356 g/mol. The van der Waals surface area contributed by atoms with Gasteiger partial charge in [-0.15, -0.1) is 0 Å². The van der Waals surface area contributed by atoms with Gasteiger partial charge in [0.2, 0.25) is 0 Å². The van der Waals surface area contributed by atoms with Gasteiger partial charge < -0.3 is 4.90 Å². The number of piperidine rings is 1. The number of fused-ring (bicyclic) bond motifs is 1. The lowest BCUT2D eigenvalue weighted by Gasteiger charge is -2.40. The van der Waals surface area contributed by atoms with E-state index in [9.17, 15) is 8.42 Å². The summed E-state index contributed by atoms with van der Waals surface area (Å²) in [5.74, 6) is 0. The first kappa shape index (κ1) is 18.3. The number of benzene rings is 2. The molecule has 1 unspecified atom stereocenters. The van der Waals surface area contributed by atoms with Gasteiger partial charge in [-0.2, -0.15) is 0 Å². The smallest absolute Gasteiger partial charge is 0.175 e. The van der Waals surface area contributed by atoms with Gasteiger partial charge in [0.05, 0.1) is 4.90 Å². The monoisotopic (exact) mass is 382 g/mol. The second-order valence-electron chi connectivity index (χ2n) is 7.63. The number of rotatable bonds is 4. The Labute approximate surface area is 162 Å². The summed E-state index contributed by atoms with van der Waals surface area (Å²) in [6, 6.07) is 16.5. The van der Waals surface area contributed by atoms with Gasteiger partial charge in [-0.05, 0) is 54.3 Å². The molecule has 2 aliphatic heterocycles. The third-order valence-corrected chi connectivity index (χ3v) is 6.69. The van der Waals surface area contributed by atoms with E-state index in [-0.39, 0.29) is 0 Å². The minimum atomic E-state index is -3.13. The summed E-state index contributed by atoms with van der Waals surface area (Å²) < 4.78 is 23.2. The molecule has 0 N–H and O–H groups in total. The van der Waals surface area contributed by atoms with Crippen LogP contribution >= 0.6 is 0 Å². The van der Waals surface area contributed by atoms with E-state index in [4.69, 9.17) is 0 Å². The molecular formula is C22H26N2O2S. The minimum Gasteiger partial charge on any atom is -0.369 e. The van der Waals surface area contributed by atoms with Crippen molar-refractivity contribution in [2.24, 2.45) is 0 Å². The van der Waals surface area contributed by atoms with Gasteiger partial charge in [0, 0.05) is 38.1 Å². The Kier molecular flexibility index (Phi) is 5.06. The van der Waals surface area contributed by atoms with Gasteiger partial charge in [0.15, 0.2) is 9.84 Å². The molecule has 0 aliphatic carbocycles. The van der Waals surface area contributed by atoms with Crippen molar-refractivity contribution in [2.75, 3.05) is 19.3 Å². The van der Waals surface area contributed by atoms with E-state index < -0.39 is 9.84 Å². The van der Waals surface area contributed by atoms with Crippen LogP contribution in [-0.4, -0.2) is 43.6 Å². The first-order valence-corrected chi connectivity index (χ1v) is 11.4. The molecule has 2 aromatic rings. The SMILES string of the molecule is CS(=O)(=O)c1ccc(CN2CCCC(N3C=Cc4ccccc4C3)C2)cc1. The Hall–Kier alpha value is -2.11. The Morgan fingerprint density at radius 3 is 2.63 bits per heavy atom. The molecule has 0 spiro atoms. The topological polar surface area (TPSA) is 40.6 Å². The maximum atomic E-state index is 11.6. The Morgan fingerprint density at radius 1 is 1.07 bits per heavy atom. The number of hydrogen-bond acceptors (Lipinski definition) is 4. The fourth-order valence-electron chi connectivity index (χ4n) is 4.06. The van der Waals surface area contributed by atoms with Gasteiger partial charge >= 0.3 is 0 Å². The van der Waals surface area contributed by atoms with Gasteiger partial charge in [-0.3, -0.25) is 4.90 Å². The highest BCUT2D eigenvalue weighted by Gasteiger charge is 2.25. The molecule has 0 amide bonds. The van der Waals surface area contributed by atoms with Crippen LogP contribution in [0.2, 0.25) is 0 Å². The summed E-state index contributed by atoms with van der Waals surface area (Å²) in [6.07, 6.45) is 8.13. The lowest BCUT2D eigenvalue weighted by Crippen LogP contribution is -2.45. The maximum absolute atomic E-state index is 11.6. The maximum Gasteiger partial charge on any atom is 0.175 e. The molecule has 4 nitrogen and oxygen atoms in total. The first-order chi connectivity index (χ1) is 13.0. The molecule has 2 heterocycles. The molecule has 0 saturated carbocycles. The summed E-state index contributed by atoms with van der Waals surface area (Å²) in [5, 5.41) is 0.